The Morgan fingerprint density at radius 1 is 1.53 bits per heavy atom. The van der Waals surface area contributed by atoms with Crippen LogP contribution in [-0.4, -0.2) is 19.1 Å². The summed E-state index contributed by atoms with van der Waals surface area (Å²) in [5.74, 6) is -0.0503. The van der Waals surface area contributed by atoms with Crippen molar-refractivity contribution in [3.8, 4) is 0 Å². The molecule has 4 nitrogen and oxygen atoms in total. The first-order valence-electron chi connectivity index (χ1n) is 5.91. The highest BCUT2D eigenvalue weighted by atomic mass is 16.5. The highest BCUT2D eigenvalue weighted by Gasteiger charge is 2.22. The number of amides is 1. The Hall–Kier alpha value is -1.55. The Kier molecular flexibility index (Phi) is 3.64. The third-order valence-corrected chi connectivity index (χ3v) is 3.00. The van der Waals surface area contributed by atoms with Crippen molar-refractivity contribution in [2.75, 3.05) is 24.3 Å². The van der Waals surface area contributed by atoms with Crippen LogP contribution in [0.2, 0.25) is 0 Å². The smallest absolute Gasteiger partial charge is 0.229 e. The van der Waals surface area contributed by atoms with Crippen molar-refractivity contribution in [2.24, 2.45) is 5.92 Å². The molecule has 1 fully saturated rings. The number of carbonyl (C=O) groups is 1. The van der Waals surface area contributed by atoms with Crippen molar-refractivity contribution in [3.05, 3.63) is 23.8 Å². The topological polar surface area (TPSA) is 64.3 Å². The van der Waals surface area contributed by atoms with Gasteiger partial charge in [0.15, 0.2) is 0 Å². The van der Waals surface area contributed by atoms with E-state index >= 15 is 0 Å². The SMILES string of the molecule is Cc1ccc(N)c(NC(=O)C2CCCOC2)c1. The van der Waals surface area contributed by atoms with Gasteiger partial charge in [-0.1, -0.05) is 6.07 Å². The molecule has 0 aromatic heterocycles. The molecule has 1 unspecified atom stereocenters. The van der Waals surface area contributed by atoms with Crippen LogP contribution in [0.4, 0.5) is 11.4 Å². The number of rotatable bonds is 2. The van der Waals surface area contributed by atoms with Gasteiger partial charge >= 0.3 is 0 Å². The molecule has 1 saturated heterocycles. The summed E-state index contributed by atoms with van der Waals surface area (Å²) in [6, 6.07) is 5.62. The third-order valence-electron chi connectivity index (χ3n) is 3.00. The summed E-state index contributed by atoms with van der Waals surface area (Å²) < 4.78 is 5.30. The molecule has 0 bridgehead atoms. The molecular weight excluding hydrogens is 216 g/mol. The second-order valence-corrected chi connectivity index (χ2v) is 4.49. The molecule has 1 aliphatic heterocycles. The van der Waals surface area contributed by atoms with Crippen LogP contribution < -0.4 is 11.1 Å². The number of nitrogens with two attached hydrogens (primary N) is 1. The molecule has 2 rings (SSSR count). The van der Waals surface area contributed by atoms with Gasteiger partial charge in [-0.2, -0.15) is 0 Å². The predicted octanol–water partition coefficient (Wildman–Crippen LogP) is 1.94. The summed E-state index contributed by atoms with van der Waals surface area (Å²) >= 11 is 0. The summed E-state index contributed by atoms with van der Waals surface area (Å²) in [7, 11) is 0. The molecule has 1 aromatic carbocycles. The molecular formula is C13H18N2O2. The van der Waals surface area contributed by atoms with E-state index in [1.165, 1.54) is 0 Å². The van der Waals surface area contributed by atoms with Gasteiger partial charge in [0.25, 0.3) is 0 Å². The molecule has 92 valence electrons. The number of anilines is 2. The predicted molar refractivity (Wildman–Crippen MR) is 67.8 cm³/mol. The zero-order valence-corrected chi connectivity index (χ0v) is 10.0. The van der Waals surface area contributed by atoms with Gasteiger partial charge in [-0.3, -0.25) is 4.79 Å². The fourth-order valence-electron chi connectivity index (χ4n) is 1.96. The number of nitrogen functional groups attached to an aromatic ring is 1. The maximum atomic E-state index is 12.0. The Bertz CT molecular complexity index is 412. The van der Waals surface area contributed by atoms with Crippen LogP contribution in [0, 0.1) is 12.8 Å². The van der Waals surface area contributed by atoms with Gasteiger partial charge in [-0.15, -0.1) is 0 Å². The molecule has 1 atom stereocenters. The van der Waals surface area contributed by atoms with E-state index in [4.69, 9.17) is 10.5 Å². The molecule has 3 N–H and O–H groups in total. The van der Waals surface area contributed by atoms with Crippen molar-refractivity contribution in [1.82, 2.24) is 0 Å². The molecule has 0 aliphatic carbocycles. The van der Waals surface area contributed by atoms with Gasteiger partial charge in [0.2, 0.25) is 5.91 Å². The fraction of sp³-hybridized carbons (Fsp3) is 0.462. The first kappa shape index (κ1) is 11.9. The highest BCUT2D eigenvalue weighted by molar-refractivity contribution is 5.95. The number of ether oxygens (including phenoxy) is 1. The first-order valence-corrected chi connectivity index (χ1v) is 5.91. The zero-order chi connectivity index (χ0) is 12.3. The lowest BCUT2D eigenvalue weighted by molar-refractivity contribution is -0.123. The lowest BCUT2D eigenvalue weighted by Crippen LogP contribution is -2.30. The van der Waals surface area contributed by atoms with Crippen LogP contribution in [0.25, 0.3) is 0 Å². The highest BCUT2D eigenvalue weighted by Crippen LogP contribution is 2.22. The third kappa shape index (κ3) is 2.97. The number of hydrogen-bond acceptors (Lipinski definition) is 3. The lowest BCUT2D eigenvalue weighted by atomic mass is 10.0. The van der Waals surface area contributed by atoms with Gasteiger partial charge < -0.3 is 15.8 Å². The minimum Gasteiger partial charge on any atom is -0.397 e. The minimum absolute atomic E-state index is 0.00185. The molecule has 1 aromatic rings. The largest absolute Gasteiger partial charge is 0.397 e. The maximum absolute atomic E-state index is 12.0. The van der Waals surface area contributed by atoms with Gasteiger partial charge in [-0.25, -0.2) is 0 Å². The summed E-state index contributed by atoms with van der Waals surface area (Å²) in [5.41, 5.74) is 8.19. The Labute approximate surface area is 101 Å². The van der Waals surface area contributed by atoms with E-state index in [1.54, 1.807) is 0 Å². The van der Waals surface area contributed by atoms with E-state index in [-0.39, 0.29) is 11.8 Å². The average Bonchev–Trinajstić information content (AvgIpc) is 2.35. The van der Waals surface area contributed by atoms with E-state index in [0.717, 1.165) is 25.0 Å². The average molecular weight is 234 g/mol. The fourth-order valence-corrected chi connectivity index (χ4v) is 1.96. The first-order chi connectivity index (χ1) is 8.16. The summed E-state index contributed by atoms with van der Waals surface area (Å²) in [6.45, 7) is 3.24. The molecule has 1 aliphatic rings. The van der Waals surface area contributed by atoms with E-state index in [1.807, 2.05) is 25.1 Å². The zero-order valence-electron chi connectivity index (χ0n) is 10.0. The molecule has 17 heavy (non-hydrogen) atoms. The minimum atomic E-state index is -0.0522. The summed E-state index contributed by atoms with van der Waals surface area (Å²) in [6.07, 6.45) is 1.83. The normalized spacial score (nSPS) is 19.9. The van der Waals surface area contributed by atoms with Crippen LogP contribution in [0.3, 0.4) is 0 Å². The van der Waals surface area contributed by atoms with Crippen molar-refractivity contribution < 1.29 is 9.53 Å². The monoisotopic (exact) mass is 234 g/mol. The summed E-state index contributed by atoms with van der Waals surface area (Å²) in [4.78, 5) is 12.0. The van der Waals surface area contributed by atoms with Crippen molar-refractivity contribution in [1.29, 1.82) is 0 Å². The second-order valence-electron chi connectivity index (χ2n) is 4.49. The standard InChI is InChI=1S/C13H18N2O2/c1-9-4-5-11(14)12(7-9)15-13(16)10-3-2-6-17-8-10/h4-5,7,10H,2-3,6,8,14H2,1H3,(H,15,16). The maximum Gasteiger partial charge on any atom is 0.229 e. The van der Waals surface area contributed by atoms with Crippen LogP contribution in [0.1, 0.15) is 18.4 Å². The Balaban J connectivity index is 2.04. The van der Waals surface area contributed by atoms with Gasteiger partial charge in [0, 0.05) is 6.61 Å². The molecule has 1 heterocycles. The van der Waals surface area contributed by atoms with Crippen LogP contribution >= 0.6 is 0 Å². The molecule has 0 spiro atoms. The van der Waals surface area contributed by atoms with Crippen molar-refractivity contribution in [2.45, 2.75) is 19.8 Å². The van der Waals surface area contributed by atoms with E-state index < -0.39 is 0 Å². The van der Waals surface area contributed by atoms with E-state index in [0.29, 0.717) is 18.0 Å². The number of nitrogens with one attached hydrogen (secondary N) is 1. The van der Waals surface area contributed by atoms with Gasteiger partial charge in [0.1, 0.15) is 0 Å². The Morgan fingerprint density at radius 3 is 3.06 bits per heavy atom. The number of carbonyl (C=O) groups excluding carboxylic acids is 1. The van der Waals surface area contributed by atoms with Gasteiger partial charge in [0.05, 0.1) is 23.9 Å². The second kappa shape index (κ2) is 5.19. The molecule has 0 radical (unpaired) electrons. The molecule has 1 amide bonds. The lowest BCUT2D eigenvalue weighted by Gasteiger charge is -2.21. The van der Waals surface area contributed by atoms with Gasteiger partial charge in [-0.05, 0) is 37.5 Å². The van der Waals surface area contributed by atoms with E-state index in [9.17, 15) is 4.79 Å². The number of aryl methyl sites for hydroxylation is 1. The Morgan fingerprint density at radius 2 is 2.35 bits per heavy atom. The summed E-state index contributed by atoms with van der Waals surface area (Å²) in [5, 5.41) is 2.88. The van der Waals surface area contributed by atoms with Crippen molar-refractivity contribution >= 4 is 17.3 Å². The van der Waals surface area contributed by atoms with Crippen LogP contribution in [0.15, 0.2) is 18.2 Å². The quantitative estimate of drug-likeness (QED) is 0.769. The van der Waals surface area contributed by atoms with E-state index in [2.05, 4.69) is 5.32 Å². The van der Waals surface area contributed by atoms with Crippen LogP contribution in [-0.2, 0) is 9.53 Å². The molecule has 4 heteroatoms. The molecule has 0 saturated carbocycles. The number of hydrogen-bond donors (Lipinski definition) is 2. The number of benzene rings is 1. The van der Waals surface area contributed by atoms with Crippen LogP contribution in [0.5, 0.6) is 0 Å². The van der Waals surface area contributed by atoms with Crippen molar-refractivity contribution in [3.63, 3.8) is 0 Å².